The van der Waals surface area contributed by atoms with Crippen LogP contribution in [0.4, 0.5) is 0 Å². The lowest BCUT2D eigenvalue weighted by Gasteiger charge is -2.01. The van der Waals surface area contributed by atoms with Crippen molar-refractivity contribution in [2.24, 2.45) is 0 Å². The van der Waals surface area contributed by atoms with Crippen molar-refractivity contribution in [3.63, 3.8) is 0 Å². The van der Waals surface area contributed by atoms with Crippen LogP contribution in [-0.4, -0.2) is 19.1 Å². The highest BCUT2D eigenvalue weighted by molar-refractivity contribution is 5.72. The van der Waals surface area contributed by atoms with Gasteiger partial charge in [-0.05, 0) is 31.2 Å². The van der Waals surface area contributed by atoms with Gasteiger partial charge in [-0.25, -0.2) is 0 Å². The molecule has 0 saturated carbocycles. The van der Waals surface area contributed by atoms with Crippen LogP contribution in [0.2, 0.25) is 0 Å². The van der Waals surface area contributed by atoms with Crippen LogP contribution in [0.5, 0.6) is 0 Å². The lowest BCUT2D eigenvalue weighted by molar-refractivity contribution is -0.141. The molecule has 96 valence electrons. The van der Waals surface area contributed by atoms with Gasteiger partial charge in [0.05, 0.1) is 6.61 Å². The van der Waals surface area contributed by atoms with Crippen molar-refractivity contribution in [1.29, 1.82) is 0 Å². The van der Waals surface area contributed by atoms with Crippen LogP contribution in [0.3, 0.4) is 0 Å². The van der Waals surface area contributed by atoms with Gasteiger partial charge in [0.2, 0.25) is 0 Å². The third-order valence-corrected chi connectivity index (χ3v) is 2.28. The third kappa shape index (κ3) is 5.51. The summed E-state index contributed by atoms with van der Waals surface area (Å²) >= 11 is 0. The maximum atomic E-state index is 11.1. The Morgan fingerprint density at radius 1 is 1.39 bits per heavy atom. The summed E-state index contributed by atoms with van der Waals surface area (Å²) in [7, 11) is 0. The number of carbonyl (C=O) groups is 1. The Balaban J connectivity index is 2.56. The van der Waals surface area contributed by atoms with E-state index in [1.54, 1.807) is 6.92 Å². The lowest BCUT2D eigenvalue weighted by Crippen LogP contribution is -2.11. The fraction of sp³-hybridized carbons (Fsp3) is 0.400. The van der Waals surface area contributed by atoms with E-state index in [4.69, 9.17) is 4.74 Å². The second kappa shape index (κ2) is 8.32. The zero-order valence-electron chi connectivity index (χ0n) is 11.0. The Bertz CT molecular complexity index is 443. The van der Waals surface area contributed by atoms with Crippen molar-refractivity contribution in [3.05, 3.63) is 35.4 Å². The number of hydrogen-bond donors (Lipinski definition) is 1. The van der Waals surface area contributed by atoms with Gasteiger partial charge in [-0.3, -0.25) is 4.79 Å². The van der Waals surface area contributed by atoms with Crippen molar-refractivity contribution in [3.8, 4) is 11.8 Å². The molecular weight excluding hydrogens is 226 g/mol. The van der Waals surface area contributed by atoms with E-state index in [9.17, 15) is 4.79 Å². The topological polar surface area (TPSA) is 38.3 Å². The van der Waals surface area contributed by atoms with Crippen LogP contribution < -0.4 is 5.32 Å². The highest BCUT2D eigenvalue weighted by Crippen LogP contribution is 2.03. The van der Waals surface area contributed by atoms with Crippen molar-refractivity contribution < 1.29 is 9.53 Å². The molecule has 0 atom stereocenters. The molecule has 1 rings (SSSR count). The normalized spacial score (nSPS) is 9.44. The average Bonchev–Trinajstić information content (AvgIpc) is 2.37. The van der Waals surface area contributed by atoms with Crippen molar-refractivity contribution in [1.82, 2.24) is 5.32 Å². The van der Waals surface area contributed by atoms with Gasteiger partial charge in [-0.1, -0.05) is 30.9 Å². The molecule has 0 aliphatic rings. The van der Waals surface area contributed by atoms with E-state index < -0.39 is 0 Å². The Morgan fingerprint density at radius 3 is 2.94 bits per heavy atom. The van der Waals surface area contributed by atoms with Gasteiger partial charge in [0, 0.05) is 12.1 Å². The Kier molecular flexibility index (Phi) is 6.60. The summed E-state index contributed by atoms with van der Waals surface area (Å²) in [5.74, 6) is 5.53. The molecule has 0 saturated heterocycles. The molecule has 1 aromatic rings. The molecule has 1 N–H and O–H groups in total. The first kappa shape index (κ1) is 14.3. The monoisotopic (exact) mass is 245 g/mol. The summed E-state index contributed by atoms with van der Waals surface area (Å²) in [4.78, 5) is 11.1. The largest absolute Gasteiger partial charge is 0.465 e. The van der Waals surface area contributed by atoms with Crippen LogP contribution >= 0.6 is 0 Å². The van der Waals surface area contributed by atoms with E-state index in [0.29, 0.717) is 6.61 Å². The molecule has 0 aliphatic heterocycles. The summed E-state index contributed by atoms with van der Waals surface area (Å²) < 4.78 is 4.81. The molecule has 0 aromatic heterocycles. The van der Waals surface area contributed by atoms with Crippen LogP contribution in [0.15, 0.2) is 24.3 Å². The van der Waals surface area contributed by atoms with Crippen molar-refractivity contribution in [2.45, 2.75) is 26.8 Å². The van der Waals surface area contributed by atoms with E-state index in [1.807, 2.05) is 18.2 Å². The van der Waals surface area contributed by atoms with Gasteiger partial charge in [0.1, 0.15) is 6.42 Å². The minimum atomic E-state index is -0.270. The molecule has 0 bridgehead atoms. The van der Waals surface area contributed by atoms with E-state index in [0.717, 1.165) is 18.7 Å². The molecule has 18 heavy (non-hydrogen) atoms. The van der Waals surface area contributed by atoms with Gasteiger partial charge in [-0.2, -0.15) is 0 Å². The molecule has 0 fully saturated rings. The predicted octanol–water partition coefficient (Wildman–Crippen LogP) is 2.10. The molecule has 1 aromatic carbocycles. The SMILES string of the molecule is CCNCc1cccc(C#CCC(=O)OCC)c1. The summed E-state index contributed by atoms with van der Waals surface area (Å²) in [6.07, 6.45) is 0.144. The summed E-state index contributed by atoms with van der Waals surface area (Å²) in [5, 5.41) is 3.26. The molecule has 3 nitrogen and oxygen atoms in total. The zero-order chi connectivity index (χ0) is 13.2. The smallest absolute Gasteiger partial charge is 0.317 e. The number of esters is 1. The number of carbonyl (C=O) groups excluding carboxylic acids is 1. The van der Waals surface area contributed by atoms with Crippen molar-refractivity contribution in [2.75, 3.05) is 13.2 Å². The number of ether oxygens (including phenoxy) is 1. The zero-order valence-corrected chi connectivity index (χ0v) is 11.0. The summed E-state index contributed by atoms with van der Waals surface area (Å²) in [5.41, 5.74) is 2.12. The first-order valence-corrected chi connectivity index (χ1v) is 6.20. The van der Waals surface area contributed by atoms with E-state index in [-0.39, 0.29) is 12.4 Å². The quantitative estimate of drug-likeness (QED) is 0.637. The Morgan fingerprint density at radius 2 is 2.22 bits per heavy atom. The highest BCUT2D eigenvalue weighted by Gasteiger charge is 1.96. The maximum Gasteiger partial charge on any atom is 0.317 e. The molecule has 0 amide bonds. The number of nitrogens with one attached hydrogen (secondary N) is 1. The van der Waals surface area contributed by atoms with Crippen molar-refractivity contribution >= 4 is 5.97 Å². The van der Waals surface area contributed by atoms with Gasteiger partial charge in [0.15, 0.2) is 0 Å². The minimum Gasteiger partial charge on any atom is -0.465 e. The van der Waals surface area contributed by atoms with Gasteiger partial charge >= 0.3 is 5.97 Å². The minimum absolute atomic E-state index is 0.144. The number of rotatable bonds is 5. The van der Waals surface area contributed by atoms with Gasteiger partial charge in [-0.15, -0.1) is 0 Å². The molecule has 0 heterocycles. The number of benzene rings is 1. The Labute approximate surface area is 109 Å². The van der Waals surface area contributed by atoms with Crippen LogP contribution in [0.1, 0.15) is 31.4 Å². The van der Waals surface area contributed by atoms with Crippen LogP contribution in [0, 0.1) is 11.8 Å². The fourth-order valence-corrected chi connectivity index (χ4v) is 1.46. The molecular formula is C15H19NO2. The highest BCUT2D eigenvalue weighted by atomic mass is 16.5. The average molecular weight is 245 g/mol. The first-order chi connectivity index (χ1) is 8.76. The van der Waals surface area contributed by atoms with Crippen LogP contribution in [-0.2, 0) is 16.1 Å². The molecule has 0 aliphatic carbocycles. The van der Waals surface area contributed by atoms with E-state index in [2.05, 4.69) is 30.1 Å². The molecule has 0 radical (unpaired) electrons. The third-order valence-electron chi connectivity index (χ3n) is 2.28. The molecule has 0 unspecified atom stereocenters. The standard InChI is InChI=1S/C15H19NO2/c1-3-16-12-14-9-5-7-13(11-14)8-6-10-15(17)18-4-2/h5,7,9,11,16H,3-4,10,12H2,1-2H3. The summed E-state index contributed by atoms with van der Waals surface area (Å²) in [6.45, 7) is 6.04. The van der Waals surface area contributed by atoms with Gasteiger partial charge < -0.3 is 10.1 Å². The van der Waals surface area contributed by atoms with E-state index in [1.165, 1.54) is 5.56 Å². The first-order valence-electron chi connectivity index (χ1n) is 6.20. The lowest BCUT2D eigenvalue weighted by atomic mass is 10.1. The van der Waals surface area contributed by atoms with Gasteiger partial charge in [0.25, 0.3) is 0 Å². The second-order valence-corrected chi connectivity index (χ2v) is 3.76. The number of hydrogen-bond acceptors (Lipinski definition) is 3. The Hall–Kier alpha value is -1.79. The maximum absolute atomic E-state index is 11.1. The fourth-order valence-electron chi connectivity index (χ4n) is 1.46. The van der Waals surface area contributed by atoms with Crippen LogP contribution in [0.25, 0.3) is 0 Å². The molecule has 3 heteroatoms. The second-order valence-electron chi connectivity index (χ2n) is 3.76. The molecule has 0 spiro atoms. The van der Waals surface area contributed by atoms with E-state index >= 15 is 0 Å². The summed E-state index contributed by atoms with van der Waals surface area (Å²) in [6, 6.07) is 7.99. The predicted molar refractivity (Wildman–Crippen MR) is 72.0 cm³/mol.